The fraction of sp³-hybridized carbons (Fsp3) is 0.375. The predicted octanol–water partition coefficient (Wildman–Crippen LogP) is 3.28. The second kappa shape index (κ2) is 6.06. The molecule has 3 aromatic heterocycles. The van der Waals surface area contributed by atoms with Gasteiger partial charge in [0.1, 0.15) is 0 Å². The second-order valence-corrected chi connectivity index (χ2v) is 6.53. The number of aromatic nitrogens is 3. The maximum atomic E-state index is 5.64. The van der Waals surface area contributed by atoms with Gasteiger partial charge in [-0.3, -0.25) is 9.67 Å². The van der Waals surface area contributed by atoms with E-state index in [0.717, 1.165) is 43.7 Å². The first-order valence-electron chi connectivity index (χ1n) is 7.57. The first-order chi connectivity index (χ1) is 10.9. The van der Waals surface area contributed by atoms with E-state index in [1.807, 2.05) is 29.3 Å². The first kappa shape index (κ1) is 13.7. The average molecular weight is 314 g/mol. The van der Waals surface area contributed by atoms with E-state index in [1.165, 1.54) is 10.3 Å². The quantitative estimate of drug-likeness (QED) is 0.785. The SMILES string of the molecule is c1cc2ncc(CNc3cnn(C[C@H]4CCCO4)c3)cc2s1. The number of anilines is 1. The Kier molecular flexibility index (Phi) is 3.78. The van der Waals surface area contributed by atoms with Gasteiger partial charge in [-0.15, -0.1) is 11.3 Å². The summed E-state index contributed by atoms with van der Waals surface area (Å²) in [5.41, 5.74) is 3.28. The molecule has 0 saturated carbocycles. The zero-order valence-corrected chi connectivity index (χ0v) is 13.1. The Morgan fingerprint density at radius 1 is 1.41 bits per heavy atom. The van der Waals surface area contributed by atoms with E-state index in [1.54, 1.807) is 11.3 Å². The zero-order valence-electron chi connectivity index (χ0n) is 12.2. The highest BCUT2D eigenvalue weighted by atomic mass is 32.1. The lowest BCUT2D eigenvalue weighted by molar-refractivity contribution is 0.0940. The minimum Gasteiger partial charge on any atom is -0.378 e. The second-order valence-electron chi connectivity index (χ2n) is 5.59. The number of nitrogens with one attached hydrogen (secondary N) is 1. The third kappa shape index (κ3) is 2.98. The van der Waals surface area contributed by atoms with Crippen LogP contribution < -0.4 is 5.32 Å². The molecule has 4 heterocycles. The molecule has 22 heavy (non-hydrogen) atoms. The van der Waals surface area contributed by atoms with Crippen molar-refractivity contribution in [2.75, 3.05) is 11.9 Å². The van der Waals surface area contributed by atoms with Crippen molar-refractivity contribution in [2.24, 2.45) is 0 Å². The van der Waals surface area contributed by atoms with Crippen LogP contribution >= 0.6 is 11.3 Å². The molecule has 0 spiro atoms. The maximum absolute atomic E-state index is 5.64. The summed E-state index contributed by atoms with van der Waals surface area (Å²) in [6.45, 7) is 2.48. The van der Waals surface area contributed by atoms with Crippen LogP contribution in [0.15, 0.2) is 36.1 Å². The normalized spacial score (nSPS) is 18.1. The fourth-order valence-corrected chi connectivity index (χ4v) is 3.54. The van der Waals surface area contributed by atoms with Gasteiger partial charge < -0.3 is 10.1 Å². The highest BCUT2D eigenvalue weighted by Crippen LogP contribution is 2.20. The smallest absolute Gasteiger partial charge is 0.0809 e. The van der Waals surface area contributed by atoms with Gasteiger partial charge in [0.25, 0.3) is 0 Å². The Hall–Kier alpha value is -1.92. The van der Waals surface area contributed by atoms with Crippen molar-refractivity contribution in [1.29, 1.82) is 0 Å². The summed E-state index contributed by atoms with van der Waals surface area (Å²) in [4.78, 5) is 4.46. The van der Waals surface area contributed by atoms with Gasteiger partial charge in [0, 0.05) is 25.5 Å². The number of nitrogens with zero attached hydrogens (tertiary/aromatic N) is 3. The molecule has 0 unspecified atom stereocenters. The first-order valence-corrected chi connectivity index (χ1v) is 8.45. The van der Waals surface area contributed by atoms with Crippen molar-refractivity contribution in [3.63, 3.8) is 0 Å². The van der Waals surface area contributed by atoms with Gasteiger partial charge in [-0.2, -0.15) is 5.10 Å². The molecule has 114 valence electrons. The molecule has 1 saturated heterocycles. The summed E-state index contributed by atoms with van der Waals surface area (Å²) < 4.78 is 8.83. The Bertz CT molecular complexity index is 760. The zero-order chi connectivity index (χ0) is 14.8. The number of pyridine rings is 1. The van der Waals surface area contributed by atoms with Crippen LogP contribution in [-0.2, 0) is 17.8 Å². The number of ether oxygens (including phenoxy) is 1. The van der Waals surface area contributed by atoms with E-state index < -0.39 is 0 Å². The lowest BCUT2D eigenvalue weighted by atomic mass is 10.2. The minimum atomic E-state index is 0.318. The lowest BCUT2D eigenvalue weighted by Crippen LogP contribution is -2.15. The summed E-state index contributed by atoms with van der Waals surface area (Å²) in [7, 11) is 0. The van der Waals surface area contributed by atoms with Gasteiger partial charge in [-0.05, 0) is 35.9 Å². The van der Waals surface area contributed by atoms with Gasteiger partial charge in [-0.25, -0.2) is 0 Å². The molecular weight excluding hydrogens is 296 g/mol. The number of rotatable bonds is 5. The molecule has 0 bridgehead atoms. The Labute approximate surface area is 132 Å². The lowest BCUT2D eigenvalue weighted by Gasteiger charge is -2.08. The van der Waals surface area contributed by atoms with Crippen molar-refractivity contribution < 1.29 is 4.74 Å². The largest absolute Gasteiger partial charge is 0.378 e. The average Bonchev–Trinajstić information content (AvgIpc) is 3.27. The molecule has 1 aliphatic heterocycles. The van der Waals surface area contributed by atoms with Crippen LogP contribution in [0.5, 0.6) is 0 Å². The summed E-state index contributed by atoms with van der Waals surface area (Å²) in [5.74, 6) is 0. The minimum absolute atomic E-state index is 0.318. The van der Waals surface area contributed by atoms with Crippen molar-refractivity contribution >= 4 is 27.2 Å². The maximum Gasteiger partial charge on any atom is 0.0809 e. The van der Waals surface area contributed by atoms with Gasteiger partial charge >= 0.3 is 0 Å². The topological polar surface area (TPSA) is 52.0 Å². The highest BCUT2D eigenvalue weighted by molar-refractivity contribution is 7.17. The van der Waals surface area contributed by atoms with Gasteiger partial charge in [-0.1, -0.05) is 0 Å². The van der Waals surface area contributed by atoms with E-state index in [-0.39, 0.29) is 0 Å². The van der Waals surface area contributed by atoms with Crippen LogP contribution in [0.1, 0.15) is 18.4 Å². The molecular formula is C16H18N4OS. The van der Waals surface area contributed by atoms with Crippen LogP contribution in [0.25, 0.3) is 10.2 Å². The molecule has 3 aromatic rings. The monoisotopic (exact) mass is 314 g/mol. The predicted molar refractivity (Wildman–Crippen MR) is 88.1 cm³/mol. The molecule has 0 aromatic carbocycles. The van der Waals surface area contributed by atoms with Crippen LogP contribution in [0.2, 0.25) is 0 Å². The van der Waals surface area contributed by atoms with E-state index >= 15 is 0 Å². The van der Waals surface area contributed by atoms with E-state index in [2.05, 4.69) is 26.8 Å². The van der Waals surface area contributed by atoms with Crippen LogP contribution in [0, 0.1) is 0 Å². The van der Waals surface area contributed by atoms with Gasteiger partial charge in [0.2, 0.25) is 0 Å². The van der Waals surface area contributed by atoms with Gasteiger partial charge in [0.15, 0.2) is 0 Å². The third-order valence-corrected chi connectivity index (χ3v) is 4.76. The van der Waals surface area contributed by atoms with Crippen molar-refractivity contribution in [3.8, 4) is 0 Å². The summed E-state index contributed by atoms with van der Waals surface area (Å²) in [6.07, 6.45) is 8.45. The van der Waals surface area contributed by atoms with E-state index in [0.29, 0.717) is 6.10 Å². The number of hydrogen-bond acceptors (Lipinski definition) is 5. The number of thiophene rings is 1. The van der Waals surface area contributed by atoms with Crippen LogP contribution in [0.3, 0.4) is 0 Å². The highest BCUT2D eigenvalue weighted by Gasteiger charge is 2.16. The molecule has 6 heteroatoms. The van der Waals surface area contributed by atoms with Crippen molar-refractivity contribution in [1.82, 2.24) is 14.8 Å². The number of hydrogen-bond donors (Lipinski definition) is 1. The van der Waals surface area contributed by atoms with E-state index in [9.17, 15) is 0 Å². The molecule has 5 nitrogen and oxygen atoms in total. The Morgan fingerprint density at radius 2 is 2.41 bits per heavy atom. The molecule has 1 N–H and O–H groups in total. The van der Waals surface area contributed by atoms with Crippen LogP contribution in [-0.4, -0.2) is 27.5 Å². The molecule has 1 atom stereocenters. The number of fused-ring (bicyclic) bond motifs is 1. The molecule has 4 rings (SSSR count). The third-order valence-electron chi connectivity index (χ3n) is 3.90. The summed E-state index contributed by atoms with van der Waals surface area (Å²) in [5, 5.41) is 9.87. The molecule has 1 fully saturated rings. The standard InChI is InChI=1S/C16H18N4OS/c1-2-14(21-4-1)11-20-10-13(9-19-20)17-7-12-6-16-15(18-8-12)3-5-22-16/h3,5-6,8-10,14,17H,1-2,4,7,11H2/t14-/m1/s1. The van der Waals surface area contributed by atoms with Crippen LogP contribution in [0.4, 0.5) is 5.69 Å². The fourth-order valence-electron chi connectivity index (χ4n) is 2.74. The Morgan fingerprint density at radius 3 is 3.32 bits per heavy atom. The Balaban J connectivity index is 1.37. The summed E-state index contributed by atoms with van der Waals surface area (Å²) in [6, 6.07) is 4.24. The molecule has 1 aliphatic rings. The van der Waals surface area contributed by atoms with Gasteiger partial charge in [0.05, 0.1) is 34.7 Å². The van der Waals surface area contributed by atoms with E-state index in [4.69, 9.17) is 4.74 Å². The molecule has 0 aliphatic carbocycles. The molecule has 0 radical (unpaired) electrons. The molecule has 0 amide bonds. The van der Waals surface area contributed by atoms with Crippen molar-refractivity contribution in [2.45, 2.75) is 32.0 Å². The summed E-state index contributed by atoms with van der Waals surface area (Å²) >= 11 is 1.72. The van der Waals surface area contributed by atoms with Crippen molar-refractivity contribution in [3.05, 3.63) is 41.7 Å².